The monoisotopic (exact) mass is 340 g/mol. The molecule has 9 heteroatoms. The van der Waals surface area contributed by atoms with Gasteiger partial charge < -0.3 is 9.88 Å². The molecular weight excluding hydrogens is 320 g/mol. The lowest BCUT2D eigenvalue weighted by atomic mass is 9.94. The Bertz CT molecular complexity index is 905. The zero-order valence-electron chi connectivity index (χ0n) is 14.2. The number of carbonyl (C=O) groups excluding carboxylic acids is 1. The maximum atomic E-state index is 12.3. The van der Waals surface area contributed by atoms with Crippen molar-refractivity contribution in [2.24, 2.45) is 14.1 Å². The first-order valence-corrected chi connectivity index (χ1v) is 8.20. The van der Waals surface area contributed by atoms with Crippen molar-refractivity contribution >= 4 is 11.8 Å². The Morgan fingerprint density at radius 1 is 1.40 bits per heavy atom. The predicted molar refractivity (Wildman–Crippen MR) is 92.0 cm³/mol. The summed E-state index contributed by atoms with van der Waals surface area (Å²) >= 11 is 0. The van der Waals surface area contributed by atoms with Crippen molar-refractivity contribution in [2.75, 3.05) is 5.32 Å². The molecule has 1 aliphatic carbocycles. The van der Waals surface area contributed by atoms with Gasteiger partial charge in [0.2, 0.25) is 0 Å². The molecule has 3 aromatic rings. The second kappa shape index (κ2) is 6.08. The number of aromatic nitrogens is 6. The summed E-state index contributed by atoms with van der Waals surface area (Å²) in [4.78, 5) is 16.6. The Hall–Kier alpha value is -3.10. The molecule has 0 radical (unpaired) electrons. The lowest BCUT2D eigenvalue weighted by Crippen LogP contribution is -2.41. The number of carbonyl (C=O) groups is 1. The molecule has 0 saturated heterocycles. The van der Waals surface area contributed by atoms with Gasteiger partial charge in [-0.2, -0.15) is 10.2 Å². The minimum Gasteiger partial charge on any atom is -0.335 e. The normalized spacial score (nSPS) is 16.5. The first kappa shape index (κ1) is 15.4. The highest BCUT2D eigenvalue weighted by atomic mass is 16.2. The van der Waals surface area contributed by atoms with Crippen molar-refractivity contribution in [1.29, 1.82) is 0 Å². The third-order valence-corrected chi connectivity index (χ3v) is 4.52. The fraction of sp³-hybridized carbons (Fsp3) is 0.375. The van der Waals surface area contributed by atoms with E-state index in [1.54, 1.807) is 17.9 Å². The molecule has 0 fully saturated rings. The van der Waals surface area contributed by atoms with Gasteiger partial charge in [0.25, 0.3) is 0 Å². The second-order valence-electron chi connectivity index (χ2n) is 6.31. The van der Waals surface area contributed by atoms with Crippen LogP contribution in [0.2, 0.25) is 0 Å². The Labute approximate surface area is 144 Å². The number of imidazole rings is 1. The van der Waals surface area contributed by atoms with E-state index < -0.39 is 0 Å². The molecule has 1 aliphatic rings. The molecule has 25 heavy (non-hydrogen) atoms. The number of hydrogen-bond acceptors (Lipinski definition) is 4. The zero-order valence-corrected chi connectivity index (χ0v) is 14.2. The van der Waals surface area contributed by atoms with Gasteiger partial charge in [-0.3, -0.25) is 15.1 Å². The molecule has 9 nitrogen and oxygen atoms in total. The Kier molecular flexibility index (Phi) is 3.75. The van der Waals surface area contributed by atoms with E-state index in [1.807, 2.05) is 30.1 Å². The van der Waals surface area contributed by atoms with Crippen molar-refractivity contribution < 1.29 is 4.79 Å². The molecule has 3 heterocycles. The van der Waals surface area contributed by atoms with Gasteiger partial charge in [-0.15, -0.1) is 0 Å². The molecule has 2 amide bonds. The minimum atomic E-state index is -0.230. The van der Waals surface area contributed by atoms with E-state index in [2.05, 4.69) is 30.9 Å². The van der Waals surface area contributed by atoms with Crippen LogP contribution in [0, 0.1) is 0 Å². The van der Waals surface area contributed by atoms with Crippen LogP contribution in [0.15, 0.2) is 24.7 Å². The lowest BCUT2D eigenvalue weighted by Gasteiger charge is -2.22. The maximum Gasteiger partial charge on any atom is 0.320 e. The summed E-state index contributed by atoms with van der Waals surface area (Å²) in [5.74, 6) is 1.37. The highest BCUT2D eigenvalue weighted by Crippen LogP contribution is 2.20. The standard InChI is InChI=1S/C16H20N8O/c1-23-6-5-17-15(23)13-8-14(24(2)22-13)20-16(25)19-11-3-4-12-10(7-11)9-18-21-12/h5-6,8-9,11H,3-4,7H2,1-2H3,(H,18,21)(H2,19,20,25)/t11-/m0/s1. The number of anilines is 1. The topological polar surface area (TPSA) is 105 Å². The smallest absolute Gasteiger partial charge is 0.320 e. The molecule has 0 unspecified atom stereocenters. The van der Waals surface area contributed by atoms with E-state index in [0.29, 0.717) is 11.5 Å². The third kappa shape index (κ3) is 3.00. The lowest BCUT2D eigenvalue weighted by molar-refractivity contribution is 0.247. The minimum absolute atomic E-state index is 0.104. The maximum absolute atomic E-state index is 12.3. The number of aromatic amines is 1. The molecule has 0 aromatic carbocycles. The van der Waals surface area contributed by atoms with Crippen molar-refractivity contribution in [1.82, 2.24) is 34.8 Å². The number of fused-ring (bicyclic) bond motifs is 1. The fourth-order valence-electron chi connectivity index (χ4n) is 3.18. The van der Waals surface area contributed by atoms with E-state index in [1.165, 1.54) is 11.3 Å². The van der Waals surface area contributed by atoms with Crippen LogP contribution in [0.4, 0.5) is 10.6 Å². The largest absolute Gasteiger partial charge is 0.335 e. The number of hydrogen-bond donors (Lipinski definition) is 3. The van der Waals surface area contributed by atoms with Gasteiger partial charge in [-0.25, -0.2) is 9.78 Å². The summed E-state index contributed by atoms with van der Waals surface area (Å²) in [5, 5.41) is 17.4. The zero-order chi connectivity index (χ0) is 17.4. The Morgan fingerprint density at radius 2 is 2.28 bits per heavy atom. The average Bonchev–Trinajstić information content (AvgIpc) is 3.28. The third-order valence-electron chi connectivity index (χ3n) is 4.52. The van der Waals surface area contributed by atoms with Crippen molar-refractivity contribution in [3.05, 3.63) is 35.9 Å². The number of H-pyrrole nitrogens is 1. The van der Waals surface area contributed by atoms with Gasteiger partial charge in [0.15, 0.2) is 5.82 Å². The molecule has 0 spiro atoms. The molecule has 130 valence electrons. The molecule has 3 aromatic heterocycles. The summed E-state index contributed by atoms with van der Waals surface area (Å²) in [6.45, 7) is 0. The highest BCUT2D eigenvalue weighted by molar-refractivity contribution is 5.89. The number of amides is 2. The molecule has 1 atom stereocenters. The summed E-state index contributed by atoms with van der Waals surface area (Å²) in [6, 6.07) is 1.69. The van der Waals surface area contributed by atoms with Crippen LogP contribution < -0.4 is 10.6 Å². The van der Waals surface area contributed by atoms with Crippen LogP contribution in [0.1, 0.15) is 17.7 Å². The van der Waals surface area contributed by atoms with E-state index in [9.17, 15) is 4.79 Å². The van der Waals surface area contributed by atoms with E-state index in [4.69, 9.17) is 0 Å². The van der Waals surface area contributed by atoms with Crippen molar-refractivity contribution in [3.63, 3.8) is 0 Å². The van der Waals surface area contributed by atoms with Gasteiger partial charge in [-0.1, -0.05) is 0 Å². The van der Waals surface area contributed by atoms with E-state index >= 15 is 0 Å². The molecule has 0 bridgehead atoms. The number of rotatable bonds is 3. The Morgan fingerprint density at radius 3 is 3.08 bits per heavy atom. The fourth-order valence-corrected chi connectivity index (χ4v) is 3.18. The number of nitrogens with zero attached hydrogens (tertiary/aromatic N) is 5. The molecular formula is C16H20N8O. The molecule has 4 rings (SSSR count). The molecule has 0 aliphatic heterocycles. The first-order chi connectivity index (χ1) is 12.1. The van der Waals surface area contributed by atoms with Crippen LogP contribution in [-0.4, -0.2) is 41.6 Å². The van der Waals surface area contributed by atoms with Crippen LogP contribution in [-0.2, 0) is 26.9 Å². The SMILES string of the molecule is Cn1ccnc1-c1cc(NC(=O)N[C@H]2CCc3[nH]ncc3C2)n(C)n1. The second-order valence-corrected chi connectivity index (χ2v) is 6.31. The first-order valence-electron chi connectivity index (χ1n) is 8.20. The summed E-state index contributed by atoms with van der Waals surface area (Å²) in [5.41, 5.74) is 3.06. The van der Waals surface area contributed by atoms with Gasteiger partial charge in [0.05, 0.1) is 6.20 Å². The van der Waals surface area contributed by atoms with Crippen LogP contribution >= 0.6 is 0 Å². The van der Waals surface area contributed by atoms with Crippen LogP contribution in [0.25, 0.3) is 11.5 Å². The van der Waals surface area contributed by atoms with Gasteiger partial charge in [0, 0.05) is 44.3 Å². The van der Waals surface area contributed by atoms with Crippen molar-refractivity contribution in [3.8, 4) is 11.5 Å². The van der Waals surface area contributed by atoms with E-state index in [-0.39, 0.29) is 12.1 Å². The number of urea groups is 1. The van der Waals surface area contributed by atoms with Crippen molar-refractivity contribution in [2.45, 2.75) is 25.3 Å². The van der Waals surface area contributed by atoms with Gasteiger partial charge >= 0.3 is 6.03 Å². The van der Waals surface area contributed by atoms with Gasteiger partial charge in [-0.05, 0) is 24.8 Å². The number of aryl methyl sites for hydroxylation is 3. The van der Waals surface area contributed by atoms with Gasteiger partial charge in [0.1, 0.15) is 11.5 Å². The van der Waals surface area contributed by atoms with Crippen LogP contribution in [0.5, 0.6) is 0 Å². The quantitative estimate of drug-likeness (QED) is 0.666. The molecule has 0 saturated carbocycles. The highest BCUT2D eigenvalue weighted by Gasteiger charge is 2.22. The predicted octanol–water partition coefficient (Wildman–Crippen LogP) is 1.22. The van der Waals surface area contributed by atoms with E-state index in [0.717, 1.165) is 25.1 Å². The summed E-state index contributed by atoms with van der Waals surface area (Å²) < 4.78 is 3.52. The molecule has 3 N–H and O–H groups in total. The Balaban J connectivity index is 1.42. The summed E-state index contributed by atoms with van der Waals surface area (Å²) in [7, 11) is 3.70. The number of nitrogens with one attached hydrogen (secondary N) is 3. The summed E-state index contributed by atoms with van der Waals surface area (Å²) in [6.07, 6.45) is 8.00. The average molecular weight is 340 g/mol. The van der Waals surface area contributed by atoms with Crippen LogP contribution in [0.3, 0.4) is 0 Å².